The summed E-state index contributed by atoms with van der Waals surface area (Å²) >= 11 is 6.77. The minimum atomic E-state index is -0.737. The molecule has 2 aromatic carbocycles. The van der Waals surface area contributed by atoms with Crippen LogP contribution in [0, 0.1) is 17.8 Å². The topological polar surface area (TPSA) is 136 Å². The molecule has 0 spiro atoms. The number of rotatable bonds is 10. The van der Waals surface area contributed by atoms with E-state index in [0.29, 0.717) is 35.4 Å². The number of nitrogens with one attached hydrogen (secondary N) is 3. The van der Waals surface area contributed by atoms with Crippen molar-refractivity contribution in [1.29, 1.82) is 0 Å². The van der Waals surface area contributed by atoms with E-state index < -0.39 is 12.1 Å². The number of halogens is 1. The van der Waals surface area contributed by atoms with Crippen molar-refractivity contribution in [2.24, 2.45) is 17.8 Å². The summed E-state index contributed by atoms with van der Waals surface area (Å²) in [6.45, 7) is 14.3. The van der Waals surface area contributed by atoms with E-state index in [0.717, 1.165) is 53.0 Å². The third-order valence-electron chi connectivity index (χ3n) is 11.2. The summed E-state index contributed by atoms with van der Waals surface area (Å²) in [5.41, 5.74) is 5.54. The maximum absolute atomic E-state index is 13.9. The summed E-state index contributed by atoms with van der Waals surface area (Å²) in [5, 5.41) is 3.13. The summed E-state index contributed by atoms with van der Waals surface area (Å²) in [5.74, 6) is 1.89. The Balaban J connectivity index is 1.17. The fraction of sp³-hybridized carbons (Fsp3) is 0.500. The van der Waals surface area contributed by atoms with E-state index in [9.17, 15) is 14.4 Å². The van der Waals surface area contributed by atoms with Gasteiger partial charge in [0.1, 0.15) is 28.5 Å². The van der Waals surface area contributed by atoms with Gasteiger partial charge in [0.2, 0.25) is 11.8 Å². The molecule has 2 fully saturated rings. The summed E-state index contributed by atoms with van der Waals surface area (Å²) in [6.07, 6.45) is 5.49. The van der Waals surface area contributed by atoms with Crippen molar-refractivity contribution < 1.29 is 19.1 Å². The number of aromatic nitrogens is 4. The number of likely N-dealkylation sites (tertiary alicyclic amines) is 2. The van der Waals surface area contributed by atoms with Crippen molar-refractivity contribution in [2.75, 3.05) is 7.11 Å². The minimum Gasteiger partial charge on any atom is -0.453 e. The third kappa shape index (κ3) is 8.06. The Morgan fingerprint density at radius 3 is 2.11 bits per heavy atom. The van der Waals surface area contributed by atoms with Gasteiger partial charge in [-0.2, -0.15) is 0 Å². The SMILES string of the molecule is COC(=O)N[C@H](C(=O)N1[C@H](C)C(C)C[C@H]1c1nc(-c2ccc(-c3ccc(-c4cnc([C@@H]5CCC[C@H](C)N5C(=O)CC(C)C)[nH]4)cc3)cc2)c(Cl)[nH]1)C(C)C. The van der Waals surface area contributed by atoms with Crippen LogP contribution >= 0.6 is 11.6 Å². The maximum atomic E-state index is 13.9. The zero-order chi connectivity index (χ0) is 38.8. The predicted octanol–water partition coefficient (Wildman–Crippen LogP) is 8.95. The highest BCUT2D eigenvalue weighted by atomic mass is 35.5. The monoisotopic (exact) mass is 755 g/mol. The lowest BCUT2D eigenvalue weighted by Crippen LogP contribution is -2.53. The Kier molecular flexibility index (Phi) is 11.9. The number of H-pyrrole nitrogens is 2. The van der Waals surface area contributed by atoms with Gasteiger partial charge in [-0.3, -0.25) is 9.59 Å². The number of alkyl carbamates (subject to hydrolysis) is 1. The second-order valence-electron chi connectivity index (χ2n) is 15.9. The highest BCUT2D eigenvalue weighted by Gasteiger charge is 2.44. The first-order valence-electron chi connectivity index (χ1n) is 19.3. The summed E-state index contributed by atoms with van der Waals surface area (Å²) in [7, 11) is 1.29. The van der Waals surface area contributed by atoms with Crippen LogP contribution in [0.15, 0.2) is 54.7 Å². The van der Waals surface area contributed by atoms with Gasteiger partial charge < -0.3 is 29.8 Å². The molecule has 0 saturated carbocycles. The quantitative estimate of drug-likeness (QED) is 0.148. The van der Waals surface area contributed by atoms with Crippen molar-refractivity contribution >= 4 is 29.5 Å². The van der Waals surface area contributed by atoms with Crippen LogP contribution in [0.3, 0.4) is 0 Å². The van der Waals surface area contributed by atoms with Gasteiger partial charge >= 0.3 is 6.09 Å². The van der Waals surface area contributed by atoms with Gasteiger partial charge in [0.25, 0.3) is 0 Å². The molecule has 3 amide bonds. The largest absolute Gasteiger partial charge is 0.453 e. The first kappa shape index (κ1) is 39.1. The van der Waals surface area contributed by atoms with Crippen molar-refractivity contribution in [3.8, 4) is 33.6 Å². The zero-order valence-electron chi connectivity index (χ0n) is 32.7. The lowest BCUT2D eigenvalue weighted by Gasteiger charge is -2.40. The molecule has 4 heterocycles. The molecule has 288 valence electrons. The van der Waals surface area contributed by atoms with E-state index in [1.165, 1.54) is 7.11 Å². The van der Waals surface area contributed by atoms with Gasteiger partial charge in [0.05, 0.1) is 31.1 Å². The van der Waals surface area contributed by atoms with Crippen LogP contribution in [0.4, 0.5) is 4.79 Å². The van der Waals surface area contributed by atoms with Crippen LogP contribution in [0.5, 0.6) is 0 Å². The first-order valence-corrected chi connectivity index (χ1v) is 19.6. The Labute approximate surface area is 323 Å². The Hall–Kier alpha value is -4.64. The summed E-state index contributed by atoms with van der Waals surface area (Å²) in [4.78, 5) is 59.6. The lowest BCUT2D eigenvalue weighted by atomic mass is 9.94. The van der Waals surface area contributed by atoms with Gasteiger partial charge in [-0.15, -0.1) is 0 Å². The molecule has 0 bridgehead atoms. The van der Waals surface area contributed by atoms with Crippen molar-refractivity contribution in [3.05, 3.63) is 71.5 Å². The van der Waals surface area contributed by atoms with E-state index in [1.807, 2.05) is 44.0 Å². The molecule has 12 heteroatoms. The molecule has 2 aromatic heterocycles. The van der Waals surface area contributed by atoms with Gasteiger partial charge in [-0.05, 0) is 74.0 Å². The Bertz CT molecular complexity index is 1940. The normalized spacial score (nSPS) is 22.2. The van der Waals surface area contributed by atoms with E-state index in [1.54, 1.807) is 0 Å². The second kappa shape index (κ2) is 16.4. The van der Waals surface area contributed by atoms with Crippen LogP contribution < -0.4 is 5.32 Å². The van der Waals surface area contributed by atoms with E-state index in [2.05, 4.69) is 84.3 Å². The number of amides is 3. The molecule has 3 N–H and O–H groups in total. The Morgan fingerprint density at radius 1 is 0.870 bits per heavy atom. The molecular formula is C42H54ClN7O4. The summed E-state index contributed by atoms with van der Waals surface area (Å²) in [6, 6.07) is 15.5. The molecular weight excluding hydrogens is 702 g/mol. The number of carbonyl (C=O) groups is 3. The summed E-state index contributed by atoms with van der Waals surface area (Å²) < 4.78 is 4.80. The van der Waals surface area contributed by atoms with Gasteiger partial charge in [-0.1, -0.05) is 94.8 Å². The average Bonchev–Trinajstić information content (AvgIpc) is 3.87. The molecule has 2 aliphatic rings. The number of piperidine rings is 1. The van der Waals surface area contributed by atoms with Crippen molar-refractivity contribution in [3.63, 3.8) is 0 Å². The number of carbonyl (C=O) groups excluding carboxylic acids is 3. The zero-order valence-corrected chi connectivity index (χ0v) is 33.4. The fourth-order valence-corrected chi connectivity index (χ4v) is 8.29. The minimum absolute atomic E-state index is 0.0371. The number of ether oxygens (including phenoxy) is 1. The van der Waals surface area contributed by atoms with Crippen molar-refractivity contribution in [1.82, 2.24) is 35.1 Å². The van der Waals surface area contributed by atoms with Gasteiger partial charge in [0.15, 0.2) is 0 Å². The Morgan fingerprint density at radius 2 is 1.50 bits per heavy atom. The number of hydrogen-bond donors (Lipinski definition) is 3. The number of hydrogen-bond acceptors (Lipinski definition) is 6. The molecule has 0 radical (unpaired) electrons. The molecule has 4 aromatic rings. The maximum Gasteiger partial charge on any atom is 0.407 e. The van der Waals surface area contributed by atoms with Crippen LogP contribution in [-0.2, 0) is 14.3 Å². The fourth-order valence-electron chi connectivity index (χ4n) is 8.05. The van der Waals surface area contributed by atoms with Crippen LogP contribution in [0.25, 0.3) is 33.6 Å². The van der Waals surface area contributed by atoms with Crippen LogP contribution in [0.1, 0.15) is 104 Å². The first-order chi connectivity index (χ1) is 25.8. The van der Waals surface area contributed by atoms with Crippen LogP contribution in [-0.4, -0.2) is 72.9 Å². The van der Waals surface area contributed by atoms with Crippen LogP contribution in [0.2, 0.25) is 5.15 Å². The van der Waals surface area contributed by atoms with Gasteiger partial charge in [0, 0.05) is 24.1 Å². The molecule has 0 aliphatic carbocycles. The van der Waals surface area contributed by atoms with E-state index in [-0.39, 0.29) is 47.8 Å². The molecule has 1 unspecified atom stereocenters. The highest BCUT2D eigenvalue weighted by molar-refractivity contribution is 6.31. The van der Waals surface area contributed by atoms with E-state index in [4.69, 9.17) is 26.3 Å². The molecule has 2 aliphatic heterocycles. The molecule has 6 rings (SSSR count). The highest BCUT2D eigenvalue weighted by Crippen LogP contribution is 2.42. The van der Waals surface area contributed by atoms with Crippen molar-refractivity contribution in [2.45, 2.75) is 111 Å². The number of nitrogens with zero attached hydrogens (tertiary/aromatic N) is 4. The molecule has 11 nitrogen and oxygen atoms in total. The predicted molar refractivity (Wildman–Crippen MR) is 211 cm³/mol. The molecule has 54 heavy (non-hydrogen) atoms. The second-order valence-corrected chi connectivity index (χ2v) is 16.3. The number of imidazole rings is 2. The third-order valence-corrected chi connectivity index (χ3v) is 11.5. The standard InChI is InChI=1S/C42H54ClN7O4/c1-23(2)20-35(51)49-26(6)10-9-11-33(49)39-44-22-32(45-39)30-16-12-28(13-17-30)29-14-18-31(19-15-29)37-38(43)48-40(46-37)34-21-25(5)27(7)50(34)41(52)36(24(3)4)47-42(53)54-8/h12-19,22-27,33-34,36H,9-11,20-21H2,1-8H3,(H,44,45)(H,46,48)(H,47,53)/t25?,26-,27+,33-,34-,36-/m0/s1. The van der Waals surface area contributed by atoms with Gasteiger partial charge in [-0.25, -0.2) is 14.8 Å². The number of benzene rings is 2. The number of aromatic amines is 2. The average molecular weight is 756 g/mol. The van der Waals surface area contributed by atoms with E-state index >= 15 is 0 Å². The smallest absolute Gasteiger partial charge is 0.407 e. The molecule has 6 atom stereocenters. The molecule has 2 saturated heterocycles. The number of methoxy groups -OCH3 is 1. The lowest BCUT2D eigenvalue weighted by molar-refractivity contribution is -0.139.